The molecule has 2 saturated carbocycles. The van der Waals surface area contributed by atoms with Crippen LogP contribution >= 0.6 is 12.4 Å². The van der Waals surface area contributed by atoms with Gasteiger partial charge in [-0.15, -0.1) is 12.4 Å². The molecule has 4 rings (SSSR count). The molecule has 9 nitrogen and oxygen atoms in total. The average Bonchev–Trinajstić information content (AvgIpc) is 3.86. The lowest BCUT2D eigenvalue weighted by Gasteiger charge is -2.23. The van der Waals surface area contributed by atoms with Gasteiger partial charge in [0.15, 0.2) is 13.2 Å². The number of carboxylic acids is 1. The summed E-state index contributed by atoms with van der Waals surface area (Å²) in [5.41, 5.74) is 4.99. The van der Waals surface area contributed by atoms with Gasteiger partial charge in [-0.25, -0.2) is 0 Å². The predicted octanol–water partition coefficient (Wildman–Crippen LogP) is 7.05. The molecule has 2 unspecified atom stereocenters. The highest BCUT2D eigenvalue weighted by Crippen LogP contribution is 2.42. The number of hydrogen-bond donors (Lipinski definition) is 5. The van der Waals surface area contributed by atoms with Gasteiger partial charge in [0.2, 0.25) is 5.91 Å². The van der Waals surface area contributed by atoms with Gasteiger partial charge in [-0.3, -0.25) is 9.59 Å². The molecule has 1 amide bonds. The number of ether oxygens (including phenoxy) is 2. The zero-order valence-corrected chi connectivity index (χ0v) is 29.1. The van der Waals surface area contributed by atoms with Crippen molar-refractivity contribution in [1.29, 1.82) is 0 Å². The van der Waals surface area contributed by atoms with E-state index >= 15 is 0 Å². The largest absolute Gasteiger partial charge is 0.484 e. The first-order valence-corrected chi connectivity index (χ1v) is 15.8. The van der Waals surface area contributed by atoms with Crippen LogP contribution in [0.15, 0.2) is 48.5 Å². The second-order valence-electron chi connectivity index (χ2n) is 13.0. The fourth-order valence-corrected chi connectivity index (χ4v) is 4.80. The Balaban J connectivity index is 0.000000410. The van der Waals surface area contributed by atoms with Crippen molar-refractivity contribution in [3.63, 3.8) is 0 Å². The predicted molar refractivity (Wildman–Crippen MR) is 176 cm³/mol. The maximum atomic E-state index is 12.2. The Bertz CT molecular complexity index is 1360. The van der Waals surface area contributed by atoms with E-state index in [4.69, 9.17) is 15.6 Å². The summed E-state index contributed by atoms with van der Waals surface area (Å²) >= 11 is 0. The van der Waals surface area contributed by atoms with Crippen LogP contribution in [0.5, 0.6) is 11.5 Å². The number of carboxylic acid groups (broad SMARTS) is 1. The molecule has 284 valence electrons. The molecule has 0 heterocycles. The summed E-state index contributed by atoms with van der Waals surface area (Å²) in [6.45, 7) is 4.09. The molecule has 0 bridgehead atoms. The van der Waals surface area contributed by atoms with E-state index in [0.29, 0.717) is 5.56 Å². The summed E-state index contributed by atoms with van der Waals surface area (Å²) in [4.78, 5) is 22.3. The Labute approximate surface area is 293 Å². The maximum absolute atomic E-state index is 12.2. The zero-order chi connectivity index (χ0) is 37.2. The van der Waals surface area contributed by atoms with E-state index in [1.807, 2.05) is 0 Å². The van der Waals surface area contributed by atoms with E-state index in [2.05, 4.69) is 10.1 Å². The number of aliphatic hydroxyl groups is 2. The Morgan fingerprint density at radius 3 is 1.58 bits per heavy atom. The molecule has 2 aliphatic rings. The van der Waals surface area contributed by atoms with Gasteiger partial charge in [-0.1, -0.05) is 24.3 Å². The summed E-state index contributed by atoms with van der Waals surface area (Å²) in [7, 11) is 0. The van der Waals surface area contributed by atoms with E-state index < -0.39 is 48.8 Å². The van der Waals surface area contributed by atoms with Gasteiger partial charge in [0.1, 0.15) is 11.5 Å². The normalized spacial score (nSPS) is 17.8. The SMILES string of the molecule is CC(O)(CC(=O)O)C1CC1.C[C@H](N)c1cccc(OCC(F)(F)F)c1.C[C@H](NC(=O)CC(C)(O)C1CC1)c1cccc(OCC(F)(F)F)c1.Cl. The van der Waals surface area contributed by atoms with Crippen LogP contribution in [0.3, 0.4) is 0 Å². The maximum Gasteiger partial charge on any atom is 0.422 e. The minimum atomic E-state index is -4.40. The number of benzene rings is 2. The second-order valence-corrected chi connectivity index (χ2v) is 13.0. The number of carbonyl (C=O) groups is 2. The van der Waals surface area contributed by atoms with E-state index in [1.54, 1.807) is 52.0 Å². The van der Waals surface area contributed by atoms with Gasteiger partial charge < -0.3 is 35.8 Å². The van der Waals surface area contributed by atoms with Crippen molar-refractivity contribution in [3.8, 4) is 11.5 Å². The first kappa shape index (κ1) is 44.8. The molecule has 4 atom stereocenters. The molecule has 2 fully saturated rings. The highest BCUT2D eigenvalue weighted by atomic mass is 35.5. The minimum absolute atomic E-state index is 0. The quantitative estimate of drug-likeness (QED) is 0.137. The van der Waals surface area contributed by atoms with E-state index in [1.165, 1.54) is 24.3 Å². The van der Waals surface area contributed by atoms with Crippen molar-refractivity contribution in [2.24, 2.45) is 17.6 Å². The molecule has 2 aromatic carbocycles. The number of nitrogens with two attached hydrogens (primary N) is 1. The van der Waals surface area contributed by atoms with Crippen LogP contribution in [0, 0.1) is 11.8 Å². The number of alkyl halides is 6. The summed E-state index contributed by atoms with van der Waals surface area (Å²) in [5, 5.41) is 30.8. The first-order chi connectivity index (χ1) is 22.5. The van der Waals surface area contributed by atoms with E-state index in [0.717, 1.165) is 31.2 Å². The topological polar surface area (TPSA) is 151 Å². The van der Waals surface area contributed by atoms with Gasteiger partial charge >= 0.3 is 18.3 Å². The standard InChI is InChI=1S/C17H22F3NO3.C10H12F3NO.C7H12O3.ClH/c1-11(21-15(22)9-16(2,23)13-6-7-13)12-4-3-5-14(8-12)24-10-17(18,19)20;1-7(14)8-3-2-4-9(5-8)15-6-10(11,12)13;1-7(10,4-6(8)9)5-2-3-5;/h3-5,8,11,13,23H,6-7,9-10H2,1-2H3,(H,21,22);2-5,7H,6,14H2,1H3;5,10H,2-4H2,1H3,(H,8,9);1H/t11-,16?;7-;;/m00../s1. The van der Waals surface area contributed by atoms with Crippen LogP contribution in [0.4, 0.5) is 26.3 Å². The van der Waals surface area contributed by atoms with Gasteiger partial charge in [0.25, 0.3) is 0 Å². The number of hydrogen-bond acceptors (Lipinski definition) is 7. The third-order valence-electron chi connectivity index (χ3n) is 7.87. The van der Waals surface area contributed by atoms with Crippen LogP contribution in [-0.2, 0) is 9.59 Å². The Hall–Kier alpha value is -3.27. The lowest BCUT2D eigenvalue weighted by Crippen LogP contribution is -2.37. The van der Waals surface area contributed by atoms with E-state index in [-0.39, 0.29) is 60.5 Å². The van der Waals surface area contributed by atoms with Gasteiger partial charge in [0.05, 0.1) is 30.1 Å². The molecule has 6 N–H and O–H groups in total. The molecule has 2 aliphatic carbocycles. The monoisotopic (exact) mass is 744 g/mol. The van der Waals surface area contributed by atoms with Crippen molar-refractivity contribution >= 4 is 24.3 Å². The van der Waals surface area contributed by atoms with Crippen molar-refractivity contribution < 1.29 is 60.7 Å². The highest BCUT2D eigenvalue weighted by molar-refractivity contribution is 5.85. The smallest absolute Gasteiger partial charge is 0.422 e. The van der Waals surface area contributed by atoms with Crippen LogP contribution in [0.1, 0.15) is 89.4 Å². The van der Waals surface area contributed by atoms with Crippen molar-refractivity contribution in [3.05, 3.63) is 59.7 Å². The van der Waals surface area contributed by atoms with Crippen molar-refractivity contribution in [2.75, 3.05) is 13.2 Å². The number of aliphatic carboxylic acids is 1. The molecular weight excluding hydrogens is 698 g/mol. The molecule has 2 aromatic rings. The van der Waals surface area contributed by atoms with Gasteiger partial charge in [0, 0.05) is 6.04 Å². The van der Waals surface area contributed by atoms with Gasteiger partial charge in [-0.2, -0.15) is 26.3 Å². The molecule has 50 heavy (non-hydrogen) atoms. The lowest BCUT2D eigenvalue weighted by atomic mass is 9.95. The Morgan fingerprint density at radius 1 is 0.800 bits per heavy atom. The molecule has 0 aliphatic heterocycles. The summed E-state index contributed by atoms with van der Waals surface area (Å²) in [5.74, 6) is -0.544. The summed E-state index contributed by atoms with van der Waals surface area (Å²) in [6, 6.07) is 11.9. The Morgan fingerprint density at radius 2 is 1.20 bits per heavy atom. The molecule has 16 heteroatoms. The third kappa shape index (κ3) is 18.1. The highest BCUT2D eigenvalue weighted by Gasteiger charge is 2.42. The number of carbonyl (C=O) groups excluding carboxylic acids is 1. The lowest BCUT2D eigenvalue weighted by molar-refractivity contribution is -0.154. The molecule has 0 aromatic heterocycles. The molecule has 0 saturated heterocycles. The Kier molecular flexibility index (Phi) is 16.8. The third-order valence-corrected chi connectivity index (χ3v) is 7.87. The molecular formula is C34H47ClF6N2O7. The minimum Gasteiger partial charge on any atom is -0.484 e. The fourth-order valence-electron chi connectivity index (χ4n) is 4.80. The summed E-state index contributed by atoms with van der Waals surface area (Å²) in [6.07, 6.45) is -5.04. The van der Waals surface area contributed by atoms with Crippen molar-refractivity contribution in [1.82, 2.24) is 5.32 Å². The van der Waals surface area contributed by atoms with Crippen LogP contribution in [-0.4, -0.2) is 64.0 Å². The number of rotatable bonds is 13. The van der Waals surface area contributed by atoms with Gasteiger partial charge in [-0.05, 0) is 101 Å². The van der Waals surface area contributed by atoms with Crippen molar-refractivity contribution in [2.45, 2.75) is 102 Å². The van der Waals surface area contributed by atoms with Crippen LogP contribution < -0.4 is 20.5 Å². The number of nitrogens with one attached hydrogen (secondary N) is 1. The van der Waals surface area contributed by atoms with Crippen LogP contribution in [0.25, 0.3) is 0 Å². The number of halogens is 7. The van der Waals surface area contributed by atoms with E-state index in [9.17, 15) is 46.1 Å². The first-order valence-electron chi connectivity index (χ1n) is 15.8. The zero-order valence-electron chi connectivity index (χ0n) is 28.3. The van der Waals surface area contributed by atoms with Crippen LogP contribution in [0.2, 0.25) is 0 Å². The molecule has 0 radical (unpaired) electrons. The fraction of sp³-hybridized carbons (Fsp3) is 0.588. The summed E-state index contributed by atoms with van der Waals surface area (Å²) < 4.78 is 81.4. The molecule has 0 spiro atoms. The average molecular weight is 745 g/mol. The second kappa shape index (κ2) is 18.8. The number of amides is 1.